The van der Waals surface area contributed by atoms with Crippen molar-refractivity contribution in [3.63, 3.8) is 0 Å². The molecule has 3 N–H and O–H groups in total. The summed E-state index contributed by atoms with van der Waals surface area (Å²) in [4.78, 5) is 51.0. The quantitative estimate of drug-likeness (QED) is 0.189. The zero-order valence-electron chi connectivity index (χ0n) is 26.2. The van der Waals surface area contributed by atoms with Crippen LogP contribution in [0.5, 0.6) is 0 Å². The molecule has 0 unspecified atom stereocenters. The zero-order chi connectivity index (χ0) is 31.2. The van der Waals surface area contributed by atoms with Gasteiger partial charge in [0.15, 0.2) is 0 Å². The van der Waals surface area contributed by atoms with Crippen molar-refractivity contribution in [1.82, 2.24) is 16.0 Å². The highest BCUT2D eigenvalue weighted by Crippen LogP contribution is 2.13. The van der Waals surface area contributed by atoms with Crippen LogP contribution in [-0.4, -0.2) is 54.4 Å². The van der Waals surface area contributed by atoms with Gasteiger partial charge in [-0.2, -0.15) is 0 Å². The Morgan fingerprint density at radius 1 is 0.707 bits per heavy atom. The highest BCUT2D eigenvalue weighted by Gasteiger charge is 2.29. The highest BCUT2D eigenvalue weighted by molar-refractivity contribution is 5.84. The number of ether oxygens (including phenoxy) is 3. The fraction of sp³-hybridized carbons (Fsp3) is 0.677. The molecule has 1 aromatic carbocycles. The van der Waals surface area contributed by atoms with Gasteiger partial charge in [-0.25, -0.2) is 19.2 Å². The molecule has 1 rings (SSSR count). The lowest BCUT2D eigenvalue weighted by Crippen LogP contribution is -2.51. The molecule has 0 aliphatic rings. The van der Waals surface area contributed by atoms with E-state index in [4.69, 9.17) is 14.2 Å². The maximum Gasteiger partial charge on any atom is 0.408 e. The molecule has 0 aromatic heterocycles. The van der Waals surface area contributed by atoms with Crippen molar-refractivity contribution in [2.75, 3.05) is 6.61 Å². The van der Waals surface area contributed by atoms with Crippen molar-refractivity contribution < 1.29 is 33.4 Å². The van der Waals surface area contributed by atoms with E-state index in [0.29, 0.717) is 19.3 Å². The van der Waals surface area contributed by atoms with Crippen LogP contribution < -0.4 is 16.0 Å². The first kappa shape index (κ1) is 35.7. The van der Waals surface area contributed by atoms with Gasteiger partial charge >= 0.3 is 24.1 Å². The van der Waals surface area contributed by atoms with Crippen molar-refractivity contribution in [2.45, 2.75) is 112 Å². The van der Waals surface area contributed by atoms with Crippen molar-refractivity contribution in [1.29, 1.82) is 0 Å². The van der Waals surface area contributed by atoms with Gasteiger partial charge in [-0.15, -0.1) is 0 Å². The smallest absolute Gasteiger partial charge is 0.408 e. The van der Waals surface area contributed by atoms with Crippen LogP contribution in [0.1, 0.15) is 87.1 Å². The first-order chi connectivity index (χ1) is 19.1. The second kappa shape index (κ2) is 17.5. The molecular weight excluding hydrogens is 526 g/mol. The van der Waals surface area contributed by atoms with Crippen LogP contribution in [0, 0.1) is 17.8 Å². The van der Waals surface area contributed by atoms with E-state index in [0.717, 1.165) is 5.56 Å². The molecule has 232 valence electrons. The normalized spacial score (nSPS) is 13.8. The van der Waals surface area contributed by atoms with Crippen LogP contribution in [0.2, 0.25) is 0 Å². The fourth-order valence-electron chi connectivity index (χ4n) is 4.06. The average Bonchev–Trinajstić information content (AvgIpc) is 2.83. The summed E-state index contributed by atoms with van der Waals surface area (Å²) in [6, 6.07) is 6.52. The standard InChI is InChI=1S/C31H51N3O7/c1-20(2)15-24(19-40-28(36)26(17-22(5)6)34-30(38)41-31(7,8)9)32-29(37)33-25(16-21(3)4)27(35)39-18-23-13-11-10-12-14-23/h10-14,20-22,24-26H,15-19H2,1-9H3,(H,34,38)(H2,32,33,37)/t24-,25-,26-/m0/s1. The summed E-state index contributed by atoms with van der Waals surface area (Å²) in [7, 11) is 0. The number of nitrogens with one attached hydrogen (secondary N) is 3. The van der Waals surface area contributed by atoms with E-state index >= 15 is 0 Å². The Kier molecular flexibility index (Phi) is 15.2. The Morgan fingerprint density at radius 3 is 1.73 bits per heavy atom. The number of benzene rings is 1. The van der Waals surface area contributed by atoms with Crippen LogP contribution in [0.3, 0.4) is 0 Å². The van der Waals surface area contributed by atoms with Crippen molar-refractivity contribution in [2.24, 2.45) is 17.8 Å². The molecule has 0 bridgehead atoms. The first-order valence-electron chi connectivity index (χ1n) is 14.5. The minimum Gasteiger partial charge on any atom is -0.462 e. The van der Waals surface area contributed by atoms with Crippen LogP contribution in [0.25, 0.3) is 0 Å². The summed E-state index contributed by atoms with van der Waals surface area (Å²) >= 11 is 0. The third-order valence-corrected chi connectivity index (χ3v) is 5.72. The van der Waals surface area contributed by atoms with Crippen molar-refractivity contribution in [3.05, 3.63) is 35.9 Å². The Bertz CT molecular complexity index is 958. The van der Waals surface area contributed by atoms with Crippen LogP contribution in [0.15, 0.2) is 30.3 Å². The van der Waals surface area contributed by atoms with Gasteiger partial charge in [-0.05, 0) is 63.4 Å². The fourth-order valence-corrected chi connectivity index (χ4v) is 4.06. The van der Waals surface area contributed by atoms with Gasteiger partial charge in [-0.1, -0.05) is 71.9 Å². The molecule has 3 atom stereocenters. The summed E-state index contributed by atoms with van der Waals surface area (Å²) in [5.74, 6) is -0.700. The molecule has 3 amide bonds. The van der Waals surface area contributed by atoms with E-state index in [1.54, 1.807) is 20.8 Å². The lowest BCUT2D eigenvalue weighted by atomic mass is 10.0. The lowest BCUT2D eigenvalue weighted by molar-refractivity contribution is -0.148. The van der Waals surface area contributed by atoms with E-state index in [1.807, 2.05) is 71.9 Å². The van der Waals surface area contributed by atoms with Gasteiger partial charge in [0, 0.05) is 0 Å². The third-order valence-electron chi connectivity index (χ3n) is 5.72. The minimum absolute atomic E-state index is 0.0949. The molecule has 0 fully saturated rings. The molecule has 0 saturated heterocycles. The van der Waals surface area contributed by atoms with Crippen molar-refractivity contribution >= 4 is 24.1 Å². The van der Waals surface area contributed by atoms with Crippen LogP contribution in [0.4, 0.5) is 9.59 Å². The van der Waals surface area contributed by atoms with Gasteiger partial charge in [0.1, 0.15) is 30.9 Å². The van der Waals surface area contributed by atoms with Gasteiger partial charge < -0.3 is 30.2 Å². The Balaban J connectivity index is 2.83. The monoisotopic (exact) mass is 577 g/mol. The summed E-state index contributed by atoms with van der Waals surface area (Å²) in [5, 5.41) is 8.18. The van der Waals surface area contributed by atoms with Gasteiger partial charge in [0.2, 0.25) is 0 Å². The first-order valence-corrected chi connectivity index (χ1v) is 14.5. The molecule has 0 aliphatic heterocycles. The number of alkyl carbamates (subject to hydrolysis) is 1. The highest BCUT2D eigenvalue weighted by atomic mass is 16.6. The summed E-state index contributed by atoms with van der Waals surface area (Å²) < 4.78 is 16.3. The van der Waals surface area contributed by atoms with Gasteiger partial charge in [0.05, 0.1) is 6.04 Å². The molecule has 0 heterocycles. The molecule has 0 radical (unpaired) electrons. The molecule has 0 saturated carbocycles. The predicted octanol–water partition coefficient (Wildman–Crippen LogP) is 5.34. The second-order valence-corrected chi connectivity index (χ2v) is 12.7. The van der Waals surface area contributed by atoms with E-state index in [-0.39, 0.29) is 31.0 Å². The number of carbonyl (C=O) groups is 4. The summed E-state index contributed by atoms with van der Waals surface area (Å²) in [5.41, 5.74) is 0.140. The van der Waals surface area contributed by atoms with E-state index in [9.17, 15) is 19.2 Å². The maximum atomic E-state index is 13.0. The Hall–Kier alpha value is -3.30. The van der Waals surface area contributed by atoms with Gasteiger partial charge in [-0.3, -0.25) is 0 Å². The summed E-state index contributed by atoms with van der Waals surface area (Å²) in [6.07, 6.45) is 0.593. The maximum absolute atomic E-state index is 13.0. The molecule has 41 heavy (non-hydrogen) atoms. The number of amides is 3. The lowest BCUT2D eigenvalue weighted by Gasteiger charge is -2.26. The van der Waals surface area contributed by atoms with Gasteiger partial charge in [0.25, 0.3) is 0 Å². The number of carbonyl (C=O) groups excluding carboxylic acids is 4. The largest absolute Gasteiger partial charge is 0.462 e. The van der Waals surface area contributed by atoms with E-state index in [1.165, 1.54) is 0 Å². The molecule has 1 aromatic rings. The molecule has 0 spiro atoms. The number of rotatable bonds is 15. The van der Waals surface area contributed by atoms with E-state index in [2.05, 4.69) is 16.0 Å². The van der Waals surface area contributed by atoms with E-state index < -0.39 is 47.8 Å². The van der Waals surface area contributed by atoms with Crippen LogP contribution >= 0.6 is 0 Å². The molecule has 10 nitrogen and oxygen atoms in total. The van der Waals surface area contributed by atoms with Crippen LogP contribution in [-0.2, 0) is 30.4 Å². The molecule has 0 aliphatic carbocycles. The second-order valence-electron chi connectivity index (χ2n) is 12.7. The SMILES string of the molecule is CC(C)C[C@@H](COC(=O)[C@H](CC(C)C)NC(=O)OC(C)(C)C)NC(=O)N[C@@H](CC(C)C)C(=O)OCc1ccccc1. The zero-order valence-corrected chi connectivity index (χ0v) is 26.2. The minimum atomic E-state index is -0.895. The number of hydrogen-bond acceptors (Lipinski definition) is 7. The summed E-state index contributed by atoms with van der Waals surface area (Å²) in [6.45, 7) is 17.0. The Morgan fingerprint density at radius 2 is 1.22 bits per heavy atom. The number of hydrogen-bond donors (Lipinski definition) is 3. The van der Waals surface area contributed by atoms with Crippen molar-refractivity contribution in [3.8, 4) is 0 Å². The number of urea groups is 1. The molecule has 10 heteroatoms. The predicted molar refractivity (Wildman–Crippen MR) is 158 cm³/mol. The number of esters is 2. The Labute approximate surface area is 245 Å². The topological polar surface area (TPSA) is 132 Å². The average molecular weight is 578 g/mol. The molecular formula is C31H51N3O7. The third kappa shape index (κ3) is 16.5.